The normalized spacial score (nSPS) is 14.1. The Kier molecular flexibility index (Phi) is 3.46. The number of anilines is 1. The lowest BCUT2D eigenvalue weighted by atomic mass is 10.5. The molecule has 1 fully saturated rings. The third kappa shape index (κ3) is 3.21. The van der Waals surface area contributed by atoms with E-state index in [0.717, 1.165) is 12.8 Å². The fourth-order valence-electron chi connectivity index (χ4n) is 1.57. The van der Waals surface area contributed by atoms with Gasteiger partial charge >= 0.3 is 0 Å². The summed E-state index contributed by atoms with van der Waals surface area (Å²) in [5.41, 5.74) is 0. The summed E-state index contributed by atoms with van der Waals surface area (Å²) in [5, 5.41) is 9.73. The molecule has 0 bridgehead atoms. The Bertz CT molecular complexity index is 611. The number of rotatable bonds is 5. The van der Waals surface area contributed by atoms with Crippen molar-refractivity contribution in [2.45, 2.75) is 18.9 Å². The number of amides is 1. The molecule has 9 heteroatoms. The molecule has 1 aliphatic rings. The molecular formula is C11H12ClN7O. The van der Waals surface area contributed by atoms with E-state index in [1.807, 2.05) is 0 Å². The first-order valence-electron chi connectivity index (χ1n) is 6.15. The first-order valence-corrected chi connectivity index (χ1v) is 6.53. The lowest BCUT2D eigenvalue weighted by molar-refractivity contribution is -0.119. The number of aromatic nitrogens is 5. The van der Waals surface area contributed by atoms with Crippen molar-refractivity contribution in [3.05, 3.63) is 23.7 Å². The highest BCUT2D eigenvalue weighted by molar-refractivity contribution is 6.28. The molecule has 2 heterocycles. The van der Waals surface area contributed by atoms with Gasteiger partial charge in [0.1, 0.15) is 0 Å². The molecule has 1 saturated carbocycles. The Balaban J connectivity index is 1.67. The lowest BCUT2D eigenvalue weighted by Gasteiger charge is -2.07. The van der Waals surface area contributed by atoms with E-state index in [9.17, 15) is 4.79 Å². The number of carbonyl (C=O) groups excluding carboxylic acids is 1. The maximum atomic E-state index is 11.6. The van der Waals surface area contributed by atoms with Gasteiger partial charge in [-0.05, 0) is 30.5 Å². The zero-order valence-corrected chi connectivity index (χ0v) is 11.2. The van der Waals surface area contributed by atoms with E-state index in [1.165, 1.54) is 4.68 Å². The van der Waals surface area contributed by atoms with E-state index in [-0.39, 0.29) is 23.7 Å². The lowest BCUT2D eigenvalue weighted by Crippen LogP contribution is -2.31. The molecule has 0 aliphatic heterocycles. The Morgan fingerprint density at radius 3 is 2.95 bits per heavy atom. The Morgan fingerprint density at radius 1 is 1.40 bits per heavy atom. The topological polar surface area (TPSA) is 97.6 Å². The van der Waals surface area contributed by atoms with Crippen LogP contribution in [0.15, 0.2) is 18.5 Å². The smallest absolute Gasteiger partial charge is 0.256 e. The van der Waals surface area contributed by atoms with Crippen molar-refractivity contribution in [1.29, 1.82) is 0 Å². The summed E-state index contributed by atoms with van der Waals surface area (Å²) in [6.45, 7) is 0.0926. The van der Waals surface area contributed by atoms with Gasteiger partial charge in [0.05, 0.1) is 6.54 Å². The molecule has 0 aromatic carbocycles. The fraction of sp³-hybridized carbons (Fsp3) is 0.364. The highest BCUT2D eigenvalue weighted by Gasteiger charge is 2.23. The molecule has 20 heavy (non-hydrogen) atoms. The molecule has 0 spiro atoms. The molecular weight excluding hydrogens is 282 g/mol. The van der Waals surface area contributed by atoms with Gasteiger partial charge in [0.2, 0.25) is 17.1 Å². The van der Waals surface area contributed by atoms with Crippen LogP contribution in [0.5, 0.6) is 0 Å². The number of nitrogens with one attached hydrogen (secondary N) is 2. The number of hydrogen-bond acceptors (Lipinski definition) is 6. The van der Waals surface area contributed by atoms with Crippen LogP contribution in [0.3, 0.4) is 0 Å². The van der Waals surface area contributed by atoms with E-state index in [0.29, 0.717) is 12.0 Å². The monoisotopic (exact) mass is 293 g/mol. The van der Waals surface area contributed by atoms with Gasteiger partial charge in [-0.15, -0.1) is 0 Å². The van der Waals surface area contributed by atoms with Gasteiger partial charge in [0.25, 0.3) is 5.95 Å². The minimum absolute atomic E-state index is 0.0376. The van der Waals surface area contributed by atoms with Crippen LogP contribution >= 0.6 is 11.6 Å². The molecule has 1 amide bonds. The van der Waals surface area contributed by atoms with Crippen molar-refractivity contribution >= 4 is 23.5 Å². The average molecular weight is 294 g/mol. The second kappa shape index (κ2) is 5.41. The molecule has 1 aliphatic carbocycles. The van der Waals surface area contributed by atoms with Crippen LogP contribution in [-0.2, 0) is 4.79 Å². The Labute approximate surface area is 119 Å². The molecule has 104 valence electrons. The second-order valence-electron chi connectivity index (χ2n) is 4.37. The number of carbonyl (C=O) groups is 1. The predicted molar refractivity (Wildman–Crippen MR) is 71.6 cm³/mol. The minimum atomic E-state index is -0.0929. The van der Waals surface area contributed by atoms with E-state index >= 15 is 0 Å². The van der Waals surface area contributed by atoms with E-state index in [1.54, 1.807) is 18.5 Å². The minimum Gasteiger partial charge on any atom is -0.352 e. The molecule has 3 rings (SSSR count). The van der Waals surface area contributed by atoms with E-state index in [4.69, 9.17) is 11.6 Å². The summed E-state index contributed by atoms with van der Waals surface area (Å²) in [6, 6.07) is 2.07. The van der Waals surface area contributed by atoms with Crippen LogP contribution in [0.4, 0.5) is 5.95 Å². The largest absolute Gasteiger partial charge is 0.352 e. The summed E-state index contributed by atoms with van der Waals surface area (Å²) >= 11 is 5.83. The fourth-order valence-corrected chi connectivity index (χ4v) is 1.73. The van der Waals surface area contributed by atoms with Crippen LogP contribution < -0.4 is 10.6 Å². The maximum Gasteiger partial charge on any atom is 0.256 e. The van der Waals surface area contributed by atoms with Gasteiger partial charge in [0, 0.05) is 18.4 Å². The molecule has 0 radical (unpaired) electrons. The van der Waals surface area contributed by atoms with Crippen molar-refractivity contribution in [3.63, 3.8) is 0 Å². The Hall–Kier alpha value is -2.22. The van der Waals surface area contributed by atoms with Gasteiger partial charge < -0.3 is 10.6 Å². The SMILES string of the molecule is O=C(CNc1nc(Cl)nc(-n2cccn2)n1)NC1CC1. The quantitative estimate of drug-likeness (QED) is 0.828. The molecule has 8 nitrogen and oxygen atoms in total. The summed E-state index contributed by atoms with van der Waals surface area (Å²) in [7, 11) is 0. The van der Waals surface area contributed by atoms with Crippen LogP contribution in [0.2, 0.25) is 5.28 Å². The maximum absolute atomic E-state index is 11.6. The van der Waals surface area contributed by atoms with Crippen molar-refractivity contribution in [1.82, 2.24) is 30.0 Å². The number of nitrogens with zero attached hydrogens (tertiary/aromatic N) is 5. The van der Waals surface area contributed by atoms with Gasteiger partial charge in [-0.25, -0.2) is 4.68 Å². The number of halogens is 1. The summed E-state index contributed by atoms with van der Waals surface area (Å²) < 4.78 is 1.46. The first-order chi connectivity index (χ1) is 9.70. The van der Waals surface area contributed by atoms with Crippen LogP contribution in [0, 0.1) is 0 Å². The van der Waals surface area contributed by atoms with Crippen LogP contribution in [0.25, 0.3) is 5.95 Å². The van der Waals surface area contributed by atoms with E-state index < -0.39 is 0 Å². The molecule has 2 N–H and O–H groups in total. The summed E-state index contributed by atoms with van der Waals surface area (Å²) in [4.78, 5) is 23.6. The molecule has 2 aromatic heterocycles. The van der Waals surface area contributed by atoms with Crippen molar-refractivity contribution in [2.24, 2.45) is 0 Å². The predicted octanol–water partition coefficient (Wildman–Crippen LogP) is 0.401. The first kappa shape index (κ1) is 12.8. The molecule has 0 unspecified atom stereocenters. The molecule has 0 saturated heterocycles. The highest BCUT2D eigenvalue weighted by Crippen LogP contribution is 2.18. The highest BCUT2D eigenvalue weighted by atomic mass is 35.5. The van der Waals surface area contributed by atoms with Crippen LogP contribution in [-0.4, -0.2) is 43.2 Å². The standard InChI is InChI=1S/C11H12ClN7O/c12-9-16-10(13-6-8(20)15-7-2-3-7)18-11(17-9)19-5-1-4-14-19/h1,4-5,7H,2-3,6H2,(H,15,20)(H,13,16,17,18). The third-order valence-corrected chi connectivity index (χ3v) is 2.82. The third-order valence-electron chi connectivity index (χ3n) is 2.66. The zero-order chi connectivity index (χ0) is 13.9. The van der Waals surface area contributed by atoms with Gasteiger partial charge in [-0.2, -0.15) is 20.1 Å². The van der Waals surface area contributed by atoms with Crippen molar-refractivity contribution in [2.75, 3.05) is 11.9 Å². The van der Waals surface area contributed by atoms with E-state index in [2.05, 4.69) is 30.7 Å². The second-order valence-corrected chi connectivity index (χ2v) is 4.71. The zero-order valence-electron chi connectivity index (χ0n) is 10.5. The van der Waals surface area contributed by atoms with Crippen molar-refractivity contribution < 1.29 is 4.79 Å². The van der Waals surface area contributed by atoms with Crippen molar-refractivity contribution in [3.8, 4) is 5.95 Å². The van der Waals surface area contributed by atoms with Gasteiger partial charge in [-0.1, -0.05) is 0 Å². The molecule has 2 aromatic rings. The van der Waals surface area contributed by atoms with Gasteiger partial charge in [-0.3, -0.25) is 4.79 Å². The number of hydrogen-bond donors (Lipinski definition) is 2. The summed E-state index contributed by atoms with van der Waals surface area (Å²) in [6.07, 6.45) is 5.39. The van der Waals surface area contributed by atoms with Gasteiger partial charge in [0.15, 0.2) is 0 Å². The summed E-state index contributed by atoms with van der Waals surface area (Å²) in [5.74, 6) is 0.436. The Morgan fingerprint density at radius 2 is 2.25 bits per heavy atom. The molecule has 0 atom stereocenters. The van der Waals surface area contributed by atoms with Crippen LogP contribution in [0.1, 0.15) is 12.8 Å². The average Bonchev–Trinajstić information content (AvgIpc) is 3.06.